The van der Waals surface area contributed by atoms with Crippen molar-refractivity contribution in [3.63, 3.8) is 0 Å². The summed E-state index contributed by atoms with van der Waals surface area (Å²) in [7, 11) is 0. The zero-order valence-electron chi connectivity index (χ0n) is 10.9. The fourth-order valence-electron chi connectivity index (χ4n) is 2.10. The van der Waals surface area contributed by atoms with E-state index in [2.05, 4.69) is 5.10 Å². The molecule has 0 spiro atoms. The van der Waals surface area contributed by atoms with Gasteiger partial charge in [0.2, 0.25) is 0 Å². The van der Waals surface area contributed by atoms with Crippen LogP contribution in [0.5, 0.6) is 5.75 Å². The highest BCUT2D eigenvalue weighted by Gasteiger charge is 2.08. The van der Waals surface area contributed by atoms with E-state index in [9.17, 15) is 5.11 Å². The first-order chi connectivity index (χ1) is 9.65. The number of rotatable bonds is 2. The van der Waals surface area contributed by atoms with E-state index in [0.717, 1.165) is 22.4 Å². The molecule has 0 amide bonds. The minimum atomic E-state index is 0.130. The maximum atomic E-state index is 9.71. The van der Waals surface area contributed by atoms with Crippen molar-refractivity contribution in [3.05, 3.63) is 65.4 Å². The molecule has 3 nitrogen and oxygen atoms in total. The van der Waals surface area contributed by atoms with Crippen molar-refractivity contribution in [1.29, 1.82) is 0 Å². The number of halogens is 1. The molecule has 0 aliphatic carbocycles. The molecule has 1 aromatic heterocycles. The summed E-state index contributed by atoms with van der Waals surface area (Å²) in [6.45, 7) is 1.83. The third kappa shape index (κ3) is 2.28. The van der Waals surface area contributed by atoms with Gasteiger partial charge in [0, 0.05) is 11.8 Å². The summed E-state index contributed by atoms with van der Waals surface area (Å²) in [5, 5.41) is 14.4. The Morgan fingerprint density at radius 1 is 1.10 bits per heavy atom. The summed E-state index contributed by atoms with van der Waals surface area (Å²) in [6, 6.07) is 13.5. The van der Waals surface area contributed by atoms with E-state index in [0.29, 0.717) is 5.02 Å². The number of phenols is 1. The van der Waals surface area contributed by atoms with Gasteiger partial charge in [-0.15, -0.1) is 0 Å². The van der Waals surface area contributed by atoms with Crippen molar-refractivity contribution >= 4 is 11.6 Å². The predicted octanol–water partition coefficient (Wildman–Crippen LogP) is 4.21. The number of nitrogens with zero attached hydrogens (tertiary/aromatic N) is 2. The number of hydrogen-bond acceptors (Lipinski definition) is 2. The molecule has 0 bridgehead atoms. The van der Waals surface area contributed by atoms with Gasteiger partial charge in [-0.25, -0.2) is 4.68 Å². The maximum Gasteiger partial charge on any atom is 0.137 e. The first-order valence-corrected chi connectivity index (χ1v) is 6.62. The molecule has 0 aliphatic heterocycles. The van der Waals surface area contributed by atoms with E-state index in [-0.39, 0.29) is 5.75 Å². The normalized spacial score (nSPS) is 10.7. The lowest BCUT2D eigenvalue weighted by Gasteiger charge is -2.05. The van der Waals surface area contributed by atoms with Crippen molar-refractivity contribution in [2.45, 2.75) is 6.92 Å². The Bertz CT molecular complexity index is 727. The van der Waals surface area contributed by atoms with Crippen molar-refractivity contribution in [2.24, 2.45) is 0 Å². The van der Waals surface area contributed by atoms with Crippen LogP contribution in [-0.2, 0) is 0 Å². The molecule has 3 rings (SSSR count). The smallest absolute Gasteiger partial charge is 0.137 e. The zero-order chi connectivity index (χ0) is 14.1. The molecule has 0 aliphatic rings. The van der Waals surface area contributed by atoms with Gasteiger partial charge < -0.3 is 5.11 Å². The Hall–Kier alpha value is -2.26. The van der Waals surface area contributed by atoms with Crippen LogP contribution in [0.25, 0.3) is 16.8 Å². The quantitative estimate of drug-likeness (QED) is 0.765. The van der Waals surface area contributed by atoms with Gasteiger partial charge in [0.05, 0.1) is 16.9 Å². The van der Waals surface area contributed by atoms with Crippen LogP contribution in [0.3, 0.4) is 0 Å². The van der Waals surface area contributed by atoms with E-state index in [4.69, 9.17) is 11.6 Å². The number of aromatic hydroxyl groups is 1. The second kappa shape index (κ2) is 5.02. The molecular formula is C16H13ClN2O. The predicted molar refractivity (Wildman–Crippen MR) is 80.4 cm³/mol. The minimum Gasteiger partial charge on any atom is -0.506 e. The molecular weight excluding hydrogens is 272 g/mol. The lowest BCUT2D eigenvalue weighted by Crippen LogP contribution is -1.92. The van der Waals surface area contributed by atoms with Gasteiger partial charge in [0.15, 0.2) is 0 Å². The Morgan fingerprint density at radius 2 is 1.85 bits per heavy atom. The Labute approximate surface area is 122 Å². The van der Waals surface area contributed by atoms with Gasteiger partial charge in [-0.3, -0.25) is 0 Å². The van der Waals surface area contributed by atoms with Crippen LogP contribution in [0.2, 0.25) is 5.02 Å². The van der Waals surface area contributed by atoms with E-state index in [1.54, 1.807) is 12.3 Å². The van der Waals surface area contributed by atoms with Crippen LogP contribution in [0.1, 0.15) is 5.56 Å². The molecule has 0 saturated heterocycles. The third-order valence-electron chi connectivity index (χ3n) is 3.19. The number of aryl methyl sites for hydroxylation is 1. The molecule has 4 heteroatoms. The lowest BCUT2D eigenvalue weighted by atomic mass is 10.1. The molecule has 3 aromatic rings. The van der Waals surface area contributed by atoms with E-state index < -0.39 is 0 Å². The lowest BCUT2D eigenvalue weighted by molar-refractivity contribution is 0.471. The van der Waals surface area contributed by atoms with Gasteiger partial charge in [-0.2, -0.15) is 5.10 Å². The molecule has 20 heavy (non-hydrogen) atoms. The molecule has 0 saturated carbocycles. The average Bonchev–Trinajstić information content (AvgIpc) is 2.95. The number of phenolic OH excluding ortho intramolecular Hbond substituents is 1. The molecule has 1 N–H and O–H groups in total. The minimum absolute atomic E-state index is 0.130. The summed E-state index contributed by atoms with van der Waals surface area (Å²) in [6.07, 6.45) is 3.73. The maximum absolute atomic E-state index is 9.71. The number of para-hydroxylation sites is 1. The number of hydrogen-bond donors (Lipinski definition) is 1. The second-order valence-electron chi connectivity index (χ2n) is 4.63. The number of aromatic nitrogens is 2. The highest BCUT2D eigenvalue weighted by Crippen LogP contribution is 2.32. The second-order valence-corrected chi connectivity index (χ2v) is 5.04. The van der Waals surface area contributed by atoms with Gasteiger partial charge in [-0.05, 0) is 42.3 Å². The summed E-state index contributed by atoms with van der Waals surface area (Å²) < 4.78 is 1.81. The van der Waals surface area contributed by atoms with Gasteiger partial charge in [-0.1, -0.05) is 29.8 Å². The fourth-order valence-corrected chi connectivity index (χ4v) is 2.36. The van der Waals surface area contributed by atoms with Crippen molar-refractivity contribution in [2.75, 3.05) is 0 Å². The Kier molecular flexibility index (Phi) is 3.20. The van der Waals surface area contributed by atoms with Crippen LogP contribution in [-0.4, -0.2) is 14.9 Å². The van der Waals surface area contributed by atoms with Gasteiger partial charge in [0.1, 0.15) is 5.75 Å². The van der Waals surface area contributed by atoms with Crippen molar-refractivity contribution in [1.82, 2.24) is 9.78 Å². The number of benzene rings is 2. The summed E-state index contributed by atoms with van der Waals surface area (Å²) >= 11 is 6.02. The highest BCUT2D eigenvalue weighted by atomic mass is 35.5. The standard InChI is InChI=1S/C16H13ClN2O/c1-11-7-12(8-15(17)16(11)20)13-9-18-19(10-13)14-5-3-2-4-6-14/h2-10,20H,1H3. The Balaban J connectivity index is 2.03. The first kappa shape index (κ1) is 12.8. The van der Waals surface area contributed by atoms with Crippen LogP contribution in [0.4, 0.5) is 0 Å². The van der Waals surface area contributed by atoms with Crippen molar-refractivity contribution < 1.29 is 5.11 Å². The highest BCUT2D eigenvalue weighted by molar-refractivity contribution is 6.32. The third-order valence-corrected chi connectivity index (χ3v) is 3.48. The first-order valence-electron chi connectivity index (χ1n) is 6.25. The largest absolute Gasteiger partial charge is 0.506 e. The van der Waals surface area contributed by atoms with E-state index >= 15 is 0 Å². The summed E-state index contributed by atoms with van der Waals surface area (Å²) in [4.78, 5) is 0. The average molecular weight is 285 g/mol. The van der Waals surface area contributed by atoms with Crippen LogP contribution in [0, 0.1) is 6.92 Å². The van der Waals surface area contributed by atoms with Gasteiger partial charge >= 0.3 is 0 Å². The van der Waals surface area contributed by atoms with Crippen LogP contribution >= 0.6 is 11.6 Å². The van der Waals surface area contributed by atoms with Gasteiger partial charge in [0.25, 0.3) is 0 Å². The fraction of sp³-hybridized carbons (Fsp3) is 0.0625. The summed E-state index contributed by atoms with van der Waals surface area (Å²) in [5.41, 5.74) is 3.65. The molecule has 0 fully saturated rings. The van der Waals surface area contributed by atoms with Crippen molar-refractivity contribution in [3.8, 4) is 22.6 Å². The zero-order valence-corrected chi connectivity index (χ0v) is 11.7. The molecule has 0 atom stereocenters. The van der Waals surface area contributed by atoms with Crippen LogP contribution < -0.4 is 0 Å². The van der Waals surface area contributed by atoms with Crippen LogP contribution in [0.15, 0.2) is 54.9 Å². The molecule has 2 aromatic carbocycles. The molecule has 1 heterocycles. The van der Waals surface area contributed by atoms with E-state index in [1.165, 1.54) is 0 Å². The molecule has 100 valence electrons. The van der Waals surface area contributed by atoms with E-state index in [1.807, 2.05) is 54.2 Å². The molecule has 0 radical (unpaired) electrons. The monoisotopic (exact) mass is 284 g/mol. The summed E-state index contributed by atoms with van der Waals surface area (Å²) in [5.74, 6) is 0.130. The topological polar surface area (TPSA) is 38.0 Å². The Morgan fingerprint density at radius 3 is 2.55 bits per heavy atom. The molecule has 0 unspecified atom stereocenters. The SMILES string of the molecule is Cc1cc(-c2cnn(-c3ccccc3)c2)cc(Cl)c1O.